The van der Waals surface area contributed by atoms with E-state index >= 15 is 0 Å². The SMILES string of the molecule is C=C1CCC[C@]2(C)C[C@H](O)[C@@](O)(C(=C)CO)C[C@@H]12. The highest BCUT2D eigenvalue weighted by Gasteiger charge is 2.53. The summed E-state index contributed by atoms with van der Waals surface area (Å²) < 4.78 is 0. The van der Waals surface area contributed by atoms with E-state index in [1.54, 1.807) is 0 Å². The van der Waals surface area contributed by atoms with Gasteiger partial charge in [0.1, 0.15) is 5.60 Å². The van der Waals surface area contributed by atoms with Crippen molar-refractivity contribution in [1.29, 1.82) is 0 Å². The summed E-state index contributed by atoms with van der Waals surface area (Å²) in [5.41, 5.74) is 0.144. The summed E-state index contributed by atoms with van der Waals surface area (Å²) in [6, 6.07) is 0. The number of aliphatic hydroxyl groups is 3. The lowest BCUT2D eigenvalue weighted by molar-refractivity contribution is -0.131. The maximum Gasteiger partial charge on any atom is 0.114 e. The van der Waals surface area contributed by atoms with E-state index in [-0.39, 0.29) is 17.9 Å². The molecule has 0 spiro atoms. The first kappa shape index (κ1) is 13.8. The molecule has 2 aliphatic rings. The van der Waals surface area contributed by atoms with Crippen molar-refractivity contribution in [2.45, 2.75) is 50.7 Å². The lowest BCUT2D eigenvalue weighted by atomic mass is 9.54. The summed E-state index contributed by atoms with van der Waals surface area (Å²) in [6.45, 7) is 9.73. The molecule has 3 N–H and O–H groups in total. The van der Waals surface area contributed by atoms with E-state index < -0.39 is 11.7 Å². The molecule has 0 aliphatic heterocycles. The van der Waals surface area contributed by atoms with Crippen LogP contribution < -0.4 is 0 Å². The van der Waals surface area contributed by atoms with Gasteiger partial charge in [0.05, 0.1) is 12.7 Å². The Balaban J connectivity index is 2.31. The van der Waals surface area contributed by atoms with Crippen LogP contribution in [0.3, 0.4) is 0 Å². The van der Waals surface area contributed by atoms with Gasteiger partial charge in [-0.25, -0.2) is 0 Å². The van der Waals surface area contributed by atoms with Crippen molar-refractivity contribution in [3.63, 3.8) is 0 Å². The summed E-state index contributed by atoms with van der Waals surface area (Å²) in [4.78, 5) is 0. The van der Waals surface area contributed by atoms with Crippen molar-refractivity contribution >= 4 is 0 Å². The Morgan fingerprint density at radius 1 is 1.44 bits per heavy atom. The molecule has 0 aromatic rings. The molecule has 3 heteroatoms. The second-order valence-electron chi connectivity index (χ2n) is 6.33. The number of hydrogen-bond donors (Lipinski definition) is 3. The number of hydrogen-bond acceptors (Lipinski definition) is 3. The molecule has 0 amide bonds. The standard InChI is InChI=1S/C15H24O3/c1-10-5-4-6-14(3)8-13(17)15(18,7-12(10)14)11(2)9-16/h12-13,16-18H,1-2,4-9H2,3H3/t12-,13-,14+,15-/m0/s1. The quantitative estimate of drug-likeness (QED) is 0.657. The summed E-state index contributed by atoms with van der Waals surface area (Å²) in [6.07, 6.45) is 3.31. The predicted molar refractivity (Wildman–Crippen MR) is 71.0 cm³/mol. The van der Waals surface area contributed by atoms with Crippen LogP contribution in [0.25, 0.3) is 0 Å². The minimum Gasteiger partial charge on any atom is -0.392 e. The Morgan fingerprint density at radius 3 is 2.72 bits per heavy atom. The largest absolute Gasteiger partial charge is 0.392 e. The van der Waals surface area contributed by atoms with Crippen LogP contribution >= 0.6 is 0 Å². The van der Waals surface area contributed by atoms with Crippen LogP contribution in [0.5, 0.6) is 0 Å². The van der Waals surface area contributed by atoms with E-state index in [1.165, 1.54) is 5.57 Å². The van der Waals surface area contributed by atoms with Crippen LogP contribution in [0, 0.1) is 11.3 Å². The van der Waals surface area contributed by atoms with E-state index in [0.717, 1.165) is 19.3 Å². The molecule has 0 aromatic carbocycles. The number of aliphatic hydroxyl groups excluding tert-OH is 2. The minimum absolute atomic E-state index is 0.0245. The predicted octanol–water partition coefficient (Wildman–Crippen LogP) is 1.78. The fourth-order valence-electron chi connectivity index (χ4n) is 3.77. The second-order valence-corrected chi connectivity index (χ2v) is 6.33. The van der Waals surface area contributed by atoms with Crippen LogP contribution in [-0.4, -0.2) is 33.6 Å². The van der Waals surface area contributed by atoms with E-state index in [2.05, 4.69) is 20.1 Å². The molecule has 18 heavy (non-hydrogen) atoms. The fourth-order valence-corrected chi connectivity index (χ4v) is 3.77. The molecule has 4 atom stereocenters. The smallest absolute Gasteiger partial charge is 0.114 e. The highest BCUT2D eigenvalue weighted by Crippen LogP contribution is 2.55. The second kappa shape index (κ2) is 4.48. The van der Waals surface area contributed by atoms with Gasteiger partial charge >= 0.3 is 0 Å². The normalized spacial score (nSPS) is 44.6. The molecule has 2 fully saturated rings. The molecule has 2 aliphatic carbocycles. The van der Waals surface area contributed by atoms with Crippen molar-refractivity contribution in [2.24, 2.45) is 11.3 Å². The maximum atomic E-state index is 10.6. The summed E-state index contributed by atoms with van der Waals surface area (Å²) in [7, 11) is 0. The monoisotopic (exact) mass is 252 g/mol. The molecule has 0 aromatic heterocycles. The van der Waals surface area contributed by atoms with Crippen molar-refractivity contribution in [1.82, 2.24) is 0 Å². The van der Waals surface area contributed by atoms with Crippen LogP contribution in [0.1, 0.15) is 39.0 Å². The Labute approximate surface area is 109 Å². The summed E-state index contributed by atoms with van der Waals surface area (Å²) in [5.74, 6) is 0.211. The highest BCUT2D eigenvalue weighted by molar-refractivity contribution is 5.24. The number of fused-ring (bicyclic) bond motifs is 1. The van der Waals surface area contributed by atoms with Crippen LogP contribution in [0.15, 0.2) is 24.3 Å². The number of rotatable bonds is 2. The highest BCUT2D eigenvalue weighted by atomic mass is 16.3. The van der Waals surface area contributed by atoms with Gasteiger partial charge in [-0.05, 0) is 49.0 Å². The summed E-state index contributed by atoms with van der Waals surface area (Å²) >= 11 is 0. The van der Waals surface area contributed by atoms with E-state index in [1.807, 2.05) is 0 Å². The van der Waals surface area contributed by atoms with Gasteiger partial charge in [-0.3, -0.25) is 0 Å². The Kier molecular flexibility index (Phi) is 3.43. The van der Waals surface area contributed by atoms with Gasteiger partial charge < -0.3 is 15.3 Å². The Morgan fingerprint density at radius 2 is 2.11 bits per heavy atom. The van der Waals surface area contributed by atoms with Crippen molar-refractivity contribution in [2.75, 3.05) is 6.61 Å². The fraction of sp³-hybridized carbons (Fsp3) is 0.733. The average Bonchev–Trinajstić information content (AvgIpc) is 2.31. The first-order chi connectivity index (χ1) is 8.33. The Bertz CT molecular complexity index is 376. The van der Waals surface area contributed by atoms with Gasteiger partial charge in [0, 0.05) is 0 Å². The molecular formula is C15H24O3. The topological polar surface area (TPSA) is 60.7 Å². The lowest BCUT2D eigenvalue weighted by Gasteiger charge is -2.54. The zero-order chi connectivity index (χ0) is 13.6. The molecule has 2 saturated carbocycles. The van der Waals surface area contributed by atoms with Crippen molar-refractivity contribution in [3.8, 4) is 0 Å². The van der Waals surface area contributed by atoms with Gasteiger partial charge in [0.25, 0.3) is 0 Å². The molecule has 0 saturated heterocycles. The zero-order valence-electron chi connectivity index (χ0n) is 11.2. The van der Waals surface area contributed by atoms with Gasteiger partial charge in [-0.15, -0.1) is 0 Å². The minimum atomic E-state index is -1.36. The molecule has 2 rings (SSSR count). The van der Waals surface area contributed by atoms with E-state index in [0.29, 0.717) is 18.4 Å². The van der Waals surface area contributed by atoms with Gasteiger partial charge in [0.2, 0.25) is 0 Å². The third-order valence-corrected chi connectivity index (χ3v) is 5.11. The third-order valence-electron chi connectivity index (χ3n) is 5.11. The summed E-state index contributed by atoms with van der Waals surface area (Å²) in [5, 5.41) is 30.1. The molecular weight excluding hydrogens is 228 g/mol. The number of allylic oxidation sites excluding steroid dienone is 1. The molecule has 0 unspecified atom stereocenters. The van der Waals surface area contributed by atoms with Crippen LogP contribution in [0.4, 0.5) is 0 Å². The molecule has 0 bridgehead atoms. The van der Waals surface area contributed by atoms with Crippen LogP contribution in [-0.2, 0) is 0 Å². The van der Waals surface area contributed by atoms with Gasteiger partial charge in [-0.2, -0.15) is 0 Å². The van der Waals surface area contributed by atoms with Crippen LogP contribution in [0.2, 0.25) is 0 Å². The van der Waals surface area contributed by atoms with E-state index in [4.69, 9.17) is 0 Å². The van der Waals surface area contributed by atoms with Gasteiger partial charge in [-0.1, -0.05) is 25.7 Å². The average molecular weight is 252 g/mol. The third kappa shape index (κ3) is 1.94. The molecule has 0 radical (unpaired) electrons. The Hall–Kier alpha value is -0.640. The first-order valence-electron chi connectivity index (χ1n) is 6.71. The van der Waals surface area contributed by atoms with Gasteiger partial charge in [0.15, 0.2) is 0 Å². The van der Waals surface area contributed by atoms with Crippen molar-refractivity contribution < 1.29 is 15.3 Å². The molecule has 0 heterocycles. The maximum absolute atomic E-state index is 10.6. The van der Waals surface area contributed by atoms with Crippen molar-refractivity contribution in [3.05, 3.63) is 24.3 Å². The molecule has 102 valence electrons. The van der Waals surface area contributed by atoms with E-state index in [9.17, 15) is 15.3 Å². The lowest BCUT2D eigenvalue weighted by Crippen LogP contribution is -2.56. The zero-order valence-corrected chi connectivity index (χ0v) is 11.2. The first-order valence-corrected chi connectivity index (χ1v) is 6.71. The molecule has 3 nitrogen and oxygen atoms in total.